The van der Waals surface area contributed by atoms with E-state index >= 15 is 0 Å². The Kier molecular flexibility index (Phi) is 3.06. The Labute approximate surface area is 99.6 Å². The molecule has 0 spiro atoms. The van der Waals surface area contributed by atoms with Gasteiger partial charge in [0.2, 0.25) is 0 Å². The summed E-state index contributed by atoms with van der Waals surface area (Å²) in [4.78, 5) is 13.8. The van der Waals surface area contributed by atoms with Crippen molar-refractivity contribution in [1.82, 2.24) is 4.90 Å². The van der Waals surface area contributed by atoms with Crippen molar-refractivity contribution >= 4 is 17.5 Å². The van der Waals surface area contributed by atoms with Gasteiger partial charge < -0.3 is 10.0 Å². The zero-order valence-electron chi connectivity index (χ0n) is 9.11. The number of halogens is 1. The number of amides is 1. The number of hydrogen-bond acceptors (Lipinski definition) is 2. The van der Waals surface area contributed by atoms with Gasteiger partial charge in [0, 0.05) is 13.1 Å². The van der Waals surface area contributed by atoms with Crippen LogP contribution in [-0.2, 0) is 0 Å². The van der Waals surface area contributed by atoms with Crippen LogP contribution in [-0.4, -0.2) is 34.4 Å². The van der Waals surface area contributed by atoms with Crippen molar-refractivity contribution in [2.75, 3.05) is 13.1 Å². The van der Waals surface area contributed by atoms with Crippen molar-refractivity contribution in [2.45, 2.75) is 18.7 Å². The summed E-state index contributed by atoms with van der Waals surface area (Å²) >= 11 is 5.95. The lowest BCUT2D eigenvalue weighted by atomic mass is 10.1. The van der Waals surface area contributed by atoms with Crippen LogP contribution >= 0.6 is 11.6 Å². The Morgan fingerprint density at radius 2 is 2.31 bits per heavy atom. The predicted molar refractivity (Wildman–Crippen MR) is 63.0 cm³/mol. The quantitative estimate of drug-likeness (QED) is 0.763. The largest absolute Gasteiger partial charge is 0.507 e. The van der Waals surface area contributed by atoms with Crippen LogP contribution < -0.4 is 0 Å². The second kappa shape index (κ2) is 4.34. The number of phenolic OH excluding ortho intramolecular Hbond substituents is 1. The number of para-hydroxylation sites is 1. The first-order chi connectivity index (χ1) is 7.59. The van der Waals surface area contributed by atoms with Gasteiger partial charge in [-0.1, -0.05) is 12.1 Å². The molecule has 1 aliphatic heterocycles. The molecule has 2 rings (SSSR count). The zero-order valence-corrected chi connectivity index (χ0v) is 9.87. The van der Waals surface area contributed by atoms with Gasteiger partial charge in [-0.3, -0.25) is 4.79 Å². The Hall–Kier alpha value is -1.22. The minimum atomic E-state index is -0.135. The molecule has 1 amide bonds. The third-order valence-electron chi connectivity index (χ3n) is 2.89. The van der Waals surface area contributed by atoms with Crippen LogP contribution in [0.4, 0.5) is 0 Å². The van der Waals surface area contributed by atoms with E-state index in [0.717, 1.165) is 6.42 Å². The highest BCUT2D eigenvalue weighted by Gasteiger charge is 2.27. The normalized spacial score (nSPS) is 20.1. The maximum atomic E-state index is 12.1. The first-order valence-corrected chi connectivity index (χ1v) is 5.75. The average Bonchev–Trinajstić information content (AvgIpc) is 2.68. The van der Waals surface area contributed by atoms with Crippen molar-refractivity contribution in [3.8, 4) is 5.75 Å². The molecule has 16 heavy (non-hydrogen) atoms. The number of rotatable bonds is 1. The molecule has 1 saturated heterocycles. The van der Waals surface area contributed by atoms with E-state index in [2.05, 4.69) is 0 Å². The monoisotopic (exact) mass is 239 g/mol. The van der Waals surface area contributed by atoms with Crippen molar-refractivity contribution in [3.05, 3.63) is 29.3 Å². The minimum Gasteiger partial charge on any atom is -0.507 e. The highest BCUT2D eigenvalue weighted by atomic mass is 35.5. The van der Waals surface area contributed by atoms with Crippen molar-refractivity contribution in [2.24, 2.45) is 0 Å². The number of carbonyl (C=O) groups excluding carboxylic acids is 1. The number of benzene rings is 1. The smallest absolute Gasteiger partial charge is 0.257 e. The maximum Gasteiger partial charge on any atom is 0.257 e. The number of carbonyl (C=O) groups is 1. The number of alkyl halides is 1. The molecule has 0 radical (unpaired) electrons. The third-order valence-corrected chi connectivity index (χ3v) is 3.24. The minimum absolute atomic E-state index is 0.0379. The summed E-state index contributed by atoms with van der Waals surface area (Å²) in [7, 11) is 0. The molecule has 1 N–H and O–H groups in total. The van der Waals surface area contributed by atoms with E-state index in [1.165, 1.54) is 0 Å². The second-order valence-electron chi connectivity index (χ2n) is 4.11. The molecule has 1 heterocycles. The van der Waals surface area contributed by atoms with Crippen molar-refractivity contribution < 1.29 is 9.90 Å². The molecule has 3 nitrogen and oxygen atoms in total. The van der Waals surface area contributed by atoms with Gasteiger partial charge in [-0.25, -0.2) is 0 Å². The zero-order chi connectivity index (χ0) is 11.7. The molecular weight excluding hydrogens is 226 g/mol. The first-order valence-electron chi connectivity index (χ1n) is 5.31. The second-order valence-corrected chi connectivity index (χ2v) is 4.73. The summed E-state index contributed by atoms with van der Waals surface area (Å²) in [5.74, 6) is -0.0603. The number of likely N-dealkylation sites (tertiary alicyclic amines) is 1. The molecule has 0 saturated carbocycles. The summed E-state index contributed by atoms with van der Waals surface area (Å²) in [6.07, 6.45) is 0.819. The Balaban J connectivity index is 2.24. The molecule has 4 heteroatoms. The fourth-order valence-electron chi connectivity index (χ4n) is 1.90. The van der Waals surface area contributed by atoms with Crippen LogP contribution in [0.15, 0.2) is 18.2 Å². The molecule has 1 unspecified atom stereocenters. The number of aromatic hydroxyl groups is 1. The highest BCUT2D eigenvalue weighted by Crippen LogP contribution is 2.25. The molecule has 0 aromatic heterocycles. The molecule has 1 aromatic carbocycles. The summed E-state index contributed by atoms with van der Waals surface area (Å²) in [6.45, 7) is 3.01. The first kappa shape index (κ1) is 11.3. The maximum absolute atomic E-state index is 12.1. The molecule has 1 aromatic rings. The van der Waals surface area contributed by atoms with Crippen molar-refractivity contribution in [3.63, 3.8) is 0 Å². The van der Waals surface area contributed by atoms with E-state index in [0.29, 0.717) is 24.2 Å². The third kappa shape index (κ3) is 2.00. The van der Waals surface area contributed by atoms with Gasteiger partial charge in [-0.05, 0) is 25.0 Å². The van der Waals surface area contributed by atoms with Crippen LogP contribution in [0.1, 0.15) is 22.3 Å². The fourth-order valence-corrected chi connectivity index (χ4v) is 2.17. The lowest BCUT2D eigenvalue weighted by Crippen LogP contribution is -2.28. The van der Waals surface area contributed by atoms with Crippen LogP contribution in [0.2, 0.25) is 0 Å². The number of hydrogen-bond donors (Lipinski definition) is 1. The van der Waals surface area contributed by atoms with E-state index in [-0.39, 0.29) is 17.0 Å². The van der Waals surface area contributed by atoms with E-state index in [4.69, 9.17) is 11.6 Å². The standard InChI is InChI=1S/C12H14ClNO2/c1-8-3-2-4-10(11(8)15)12(16)14-6-5-9(13)7-14/h2-4,9,15H,5-7H2,1H3. The van der Waals surface area contributed by atoms with Crippen LogP contribution in [0.25, 0.3) is 0 Å². The van der Waals surface area contributed by atoms with Crippen LogP contribution in [0, 0.1) is 6.92 Å². The Morgan fingerprint density at radius 3 is 2.94 bits per heavy atom. The van der Waals surface area contributed by atoms with Crippen LogP contribution in [0.3, 0.4) is 0 Å². The van der Waals surface area contributed by atoms with Gasteiger partial charge in [0.05, 0.1) is 10.9 Å². The SMILES string of the molecule is Cc1cccc(C(=O)N2CCC(Cl)C2)c1O. The Morgan fingerprint density at radius 1 is 1.56 bits per heavy atom. The summed E-state index contributed by atoms with van der Waals surface area (Å²) in [5, 5.41) is 9.85. The van der Waals surface area contributed by atoms with E-state index in [1.54, 1.807) is 30.0 Å². The molecular formula is C12H14ClNO2. The highest BCUT2D eigenvalue weighted by molar-refractivity contribution is 6.21. The van der Waals surface area contributed by atoms with Crippen LogP contribution in [0.5, 0.6) is 5.75 Å². The van der Waals surface area contributed by atoms with E-state index in [1.807, 2.05) is 0 Å². The lowest BCUT2D eigenvalue weighted by Gasteiger charge is -2.16. The van der Waals surface area contributed by atoms with Gasteiger partial charge in [-0.2, -0.15) is 0 Å². The van der Waals surface area contributed by atoms with Gasteiger partial charge in [0.15, 0.2) is 0 Å². The topological polar surface area (TPSA) is 40.5 Å². The van der Waals surface area contributed by atoms with Crippen molar-refractivity contribution in [1.29, 1.82) is 0 Å². The molecule has 0 aliphatic carbocycles. The fraction of sp³-hybridized carbons (Fsp3) is 0.417. The van der Waals surface area contributed by atoms with Gasteiger partial charge >= 0.3 is 0 Å². The molecule has 1 atom stereocenters. The lowest BCUT2D eigenvalue weighted by molar-refractivity contribution is 0.0790. The number of nitrogens with zero attached hydrogens (tertiary/aromatic N) is 1. The summed E-state index contributed by atoms with van der Waals surface area (Å²) in [6, 6.07) is 5.20. The van der Waals surface area contributed by atoms with E-state index in [9.17, 15) is 9.90 Å². The van der Waals surface area contributed by atoms with Gasteiger partial charge in [0.1, 0.15) is 5.75 Å². The number of aryl methyl sites for hydroxylation is 1. The van der Waals surface area contributed by atoms with Gasteiger partial charge in [0.25, 0.3) is 5.91 Å². The Bertz CT molecular complexity index is 419. The molecule has 1 aliphatic rings. The summed E-state index contributed by atoms with van der Waals surface area (Å²) < 4.78 is 0. The number of phenols is 1. The van der Waals surface area contributed by atoms with Gasteiger partial charge in [-0.15, -0.1) is 11.6 Å². The molecule has 1 fully saturated rings. The molecule has 86 valence electrons. The molecule has 0 bridgehead atoms. The predicted octanol–water partition coefficient (Wildman–Crippen LogP) is 2.15. The summed E-state index contributed by atoms with van der Waals surface area (Å²) in [5.41, 5.74) is 1.08. The van der Waals surface area contributed by atoms with E-state index < -0.39 is 0 Å². The average molecular weight is 240 g/mol.